The third-order valence-corrected chi connectivity index (χ3v) is 6.69. The van der Waals surface area contributed by atoms with Crippen LogP contribution in [0.4, 0.5) is 8.78 Å². The molecule has 0 bridgehead atoms. The van der Waals surface area contributed by atoms with Gasteiger partial charge in [-0.15, -0.1) is 0 Å². The van der Waals surface area contributed by atoms with Gasteiger partial charge in [-0.05, 0) is 35.6 Å². The first kappa shape index (κ1) is 24.7. The van der Waals surface area contributed by atoms with E-state index in [1.54, 1.807) is 50.3 Å². The SMILES string of the molecule is CC(C)(CF)/C(Cl)=C/C1C(C(=O)OC(C#N)c2ccc(F)c(Oc3ccccc3)c2)C1(C)C. The Morgan fingerprint density at radius 3 is 2.55 bits per heavy atom. The van der Waals surface area contributed by atoms with Crippen molar-refractivity contribution >= 4 is 17.6 Å². The standard InChI is InChI=1S/C26H26ClF2NO3/c1-25(2,15-28)22(27)13-18-23(26(18,3)4)24(31)33-21(14-30)16-10-11-19(29)20(12-16)32-17-8-6-5-7-9-17/h5-13,18,21,23H,15H2,1-4H3/b22-13-. The Hall–Kier alpha value is -2.91. The van der Waals surface area contributed by atoms with Crippen molar-refractivity contribution in [2.45, 2.75) is 33.8 Å². The number of benzene rings is 2. The summed E-state index contributed by atoms with van der Waals surface area (Å²) in [6.45, 7) is 6.52. The third-order valence-electron chi connectivity index (χ3n) is 6.05. The lowest BCUT2D eigenvalue weighted by molar-refractivity contribution is -0.149. The van der Waals surface area contributed by atoms with Crippen LogP contribution in [-0.2, 0) is 9.53 Å². The maximum Gasteiger partial charge on any atom is 0.311 e. The molecule has 0 spiro atoms. The number of carbonyl (C=O) groups is 1. The number of allylic oxidation sites excluding steroid dienone is 2. The molecule has 33 heavy (non-hydrogen) atoms. The minimum absolute atomic E-state index is 0.0807. The fourth-order valence-corrected chi connectivity index (χ4v) is 3.81. The van der Waals surface area contributed by atoms with Gasteiger partial charge in [0.2, 0.25) is 6.10 Å². The van der Waals surface area contributed by atoms with Gasteiger partial charge in [0.05, 0.1) is 12.6 Å². The second-order valence-electron chi connectivity index (χ2n) is 9.41. The summed E-state index contributed by atoms with van der Waals surface area (Å²) in [5.41, 5.74) is -0.999. The van der Waals surface area contributed by atoms with E-state index in [1.807, 2.05) is 19.9 Å². The van der Waals surface area contributed by atoms with Gasteiger partial charge in [-0.1, -0.05) is 69.6 Å². The number of nitriles is 1. The zero-order valence-electron chi connectivity index (χ0n) is 18.9. The minimum atomic E-state index is -1.24. The number of alkyl halides is 1. The molecule has 2 aromatic carbocycles. The molecule has 174 valence electrons. The molecule has 3 atom stereocenters. The lowest BCUT2D eigenvalue weighted by atomic mass is 9.93. The van der Waals surface area contributed by atoms with E-state index in [9.17, 15) is 18.8 Å². The number of hydrogen-bond donors (Lipinski definition) is 0. The summed E-state index contributed by atoms with van der Waals surface area (Å²) in [6, 6.07) is 14.5. The number of hydrogen-bond acceptors (Lipinski definition) is 4. The molecule has 3 unspecified atom stereocenters. The van der Waals surface area contributed by atoms with E-state index < -0.39 is 41.3 Å². The van der Waals surface area contributed by atoms with Crippen molar-refractivity contribution in [1.29, 1.82) is 5.26 Å². The monoisotopic (exact) mass is 473 g/mol. The highest BCUT2D eigenvalue weighted by atomic mass is 35.5. The molecule has 0 aromatic heterocycles. The predicted octanol–water partition coefficient (Wildman–Crippen LogP) is 7.12. The molecule has 0 N–H and O–H groups in total. The van der Waals surface area contributed by atoms with E-state index >= 15 is 0 Å². The van der Waals surface area contributed by atoms with E-state index in [0.29, 0.717) is 16.3 Å². The van der Waals surface area contributed by atoms with Crippen LogP contribution < -0.4 is 4.74 Å². The summed E-state index contributed by atoms with van der Waals surface area (Å²) in [7, 11) is 0. The lowest BCUT2D eigenvalue weighted by Crippen LogP contribution is -2.15. The van der Waals surface area contributed by atoms with Crippen LogP contribution in [0.1, 0.15) is 39.4 Å². The van der Waals surface area contributed by atoms with E-state index in [-0.39, 0.29) is 11.7 Å². The Kier molecular flexibility index (Phi) is 7.14. The van der Waals surface area contributed by atoms with Crippen LogP contribution in [0.3, 0.4) is 0 Å². The maximum absolute atomic E-state index is 14.3. The Morgan fingerprint density at radius 2 is 1.94 bits per heavy atom. The van der Waals surface area contributed by atoms with Crippen molar-refractivity contribution in [3.63, 3.8) is 0 Å². The van der Waals surface area contributed by atoms with E-state index in [4.69, 9.17) is 21.1 Å². The number of rotatable bonds is 8. The molecule has 0 heterocycles. The molecule has 0 amide bonds. The topological polar surface area (TPSA) is 59.3 Å². The summed E-state index contributed by atoms with van der Waals surface area (Å²) in [5.74, 6) is -1.59. The van der Waals surface area contributed by atoms with Crippen LogP contribution in [0, 0.1) is 39.8 Å². The third kappa shape index (κ3) is 5.36. The van der Waals surface area contributed by atoms with Gasteiger partial charge in [-0.3, -0.25) is 9.18 Å². The normalized spacial score (nSPS) is 20.5. The number of esters is 1. The van der Waals surface area contributed by atoms with Crippen molar-refractivity contribution in [2.75, 3.05) is 6.67 Å². The number of nitrogens with zero attached hydrogens (tertiary/aromatic N) is 1. The molecule has 3 rings (SSSR count). The molecule has 0 aliphatic heterocycles. The first-order valence-electron chi connectivity index (χ1n) is 10.6. The summed E-state index contributed by atoms with van der Waals surface area (Å²) < 4.78 is 38.6. The summed E-state index contributed by atoms with van der Waals surface area (Å²) in [5, 5.41) is 9.97. The second kappa shape index (κ2) is 9.52. The van der Waals surface area contributed by atoms with Crippen LogP contribution in [0.15, 0.2) is 59.6 Å². The molecule has 4 nitrogen and oxygen atoms in total. The molecule has 1 aliphatic carbocycles. The van der Waals surface area contributed by atoms with Gasteiger partial charge in [0.25, 0.3) is 0 Å². The van der Waals surface area contributed by atoms with Crippen LogP contribution in [-0.4, -0.2) is 12.6 Å². The summed E-state index contributed by atoms with van der Waals surface area (Å²) >= 11 is 6.30. The lowest BCUT2D eigenvalue weighted by Gasteiger charge is -2.19. The first-order valence-corrected chi connectivity index (χ1v) is 10.9. The van der Waals surface area contributed by atoms with Crippen LogP contribution in [0.5, 0.6) is 11.5 Å². The zero-order valence-corrected chi connectivity index (χ0v) is 19.7. The molecule has 0 saturated heterocycles. The number of carbonyl (C=O) groups excluding carboxylic acids is 1. The van der Waals surface area contributed by atoms with Crippen molar-refractivity contribution in [2.24, 2.45) is 22.7 Å². The molecule has 0 radical (unpaired) electrons. The Bertz CT molecular complexity index is 1090. The van der Waals surface area contributed by atoms with Gasteiger partial charge in [-0.2, -0.15) is 5.26 Å². The number of para-hydroxylation sites is 1. The molecule has 7 heteroatoms. The maximum atomic E-state index is 14.3. The Balaban J connectivity index is 1.76. The average molecular weight is 474 g/mol. The fourth-order valence-electron chi connectivity index (χ4n) is 3.62. The summed E-state index contributed by atoms with van der Waals surface area (Å²) in [4.78, 5) is 12.9. The Labute approximate surface area is 197 Å². The highest BCUT2D eigenvalue weighted by molar-refractivity contribution is 6.30. The van der Waals surface area contributed by atoms with Crippen LogP contribution >= 0.6 is 11.6 Å². The molecule has 1 saturated carbocycles. The minimum Gasteiger partial charge on any atom is -0.454 e. The fraction of sp³-hybridized carbons (Fsp3) is 0.385. The number of halogens is 3. The van der Waals surface area contributed by atoms with Gasteiger partial charge >= 0.3 is 5.97 Å². The van der Waals surface area contributed by atoms with E-state index in [2.05, 4.69) is 0 Å². The van der Waals surface area contributed by atoms with Gasteiger partial charge in [0.1, 0.15) is 11.8 Å². The molecule has 1 fully saturated rings. The second-order valence-corrected chi connectivity index (χ2v) is 9.82. The van der Waals surface area contributed by atoms with Gasteiger partial charge in [0.15, 0.2) is 11.6 Å². The molecular weight excluding hydrogens is 448 g/mol. The predicted molar refractivity (Wildman–Crippen MR) is 122 cm³/mol. The summed E-state index contributed by atoms with van der Waals surface area (Å²) in [6.07, 6.45) is 0.466. The van der Waals surface area contributed by atoms with Gasteiger partial charge < -0.3 is 9.47 Å². The quantitative estimate of drug-likeness (QED) is 0.383. The van der Waals surface area contributed by atoms with Crippen LogP contribution in [0.25, 0.3) is 0 Å². The zero-order chi connectivity index (χ0) is 24.4. The van der Waals surface area contributed by atoms with Crippen molar-refractivity contribution in [1.82, 2.24) is 0 Å². The van der Waals surface area contributed by atoms with Crippen molar-refractivity contribution in [3.8, 4) is 17.6 Å². The largest absolute Gasteiger partial charge is 0.454 e. The molecule has 1 aliphatic rings. The first-order chi connectivity index (χ1) is 15.5. The van der Waals surface area contributed by atoms with Crippen molar-refractivity contribution in [3.05, 3.63) is 71.0 Å². The smallest absolute Gasteiger partial charge is 0.311 e. The van der Waals surface area contributed by atoms with E-state index in [0.717, 1.165) is 6.07 Å². The average Bonchev–Trinajstić information content (AvgIpc) is 3.33. The van der Waals surface area contributed by atoms with Crippen LogP contribution in [0.2, 0.25) is 0 Å². The molecular formula is C26H26ClF2NO3. The molecule has 2 aromatic rings. The van der Waals surface area contributed by atoms with Gasteiger partial charge in [0, 0.05) is 16.0 Å². The van der Waals surface area contributed by atoms with E-state index in [1.165, 1.54) is 12.1 Å². The van der Waals surface area contributed by atoms with Crippen molar-refractivity contribution < 1.29 is 23.0 Å². The number of ether oxygens (including phenoxy) is 2. The highest BCUT2D eigenvalue weighted by Crippen LogP contribution is 2.61. The Morgan fingerprint density at radius 1 is 1.27 bits per heavy atom. The highest BCUT2D eigenvalue weighted by Gasteiger charge is 2.62. The van der Waals surface area contributed by atoms with Gasteiger partial charge in [-0.25, -0.2) is 4.39 Å².